The van der Waals surface area contributed by atoms with E-state index in [1.165, 1.54) is 19.2 Å². The second-order valence-corrected chi connectivity index (χ2v) is 7.57. The third-order valence-electron chi connectivity index (χ3n) is 4.01. The molecule has 1 heterocycles. The van der Waals surface area contributed by atoms with Crippen LogP contribution in [0.15, 0.2) is 53.4 Å². The molecule has 0 spiro atoms. The van der Waals surface area contributed by atoms with Crippen molar-refractivity contribution in [3.8, 4) is 0 Å². The molecule has 24 heavy (non-hydrogen) atoms. The average molecular weight is 344 g/mol. The van der Waals surface area contributed by atoms with Crippen LogP contribution in [0.25, 0.3) is 0 Å². The maximum Gasteiger partial charge on any atom is 0.266 e. The Morgan fingerprint density at radius 3 is 2.38 bits per heavy atom. The van der Waals surface area contributed by atoms with Gasteiger partial charge in [0.05, 0.1) is 4.90 Å². The number of nitrogens with one attached hydrogen (secondary N) is 1. The molecule has 0 aliphatic carbocycles. The third-order valence-corrected chi connectivity index (χ3v) is 5.84. The molecule has 6 nitrogen and oxygen atoms in total. The van der Waals surface area contributed by atoms with E-state index in [1.807, 2.05) is 19.1 Å². The number of fused-ring (bicyclic) bond motifs is 1. The number of anilines is 1. The summed E-state index contributed by atoms with van der Waals surface area (Å²) in [5.41, 5.74) is 1.79. The summed E-state index contributed by atoms with van der Waals surface area (Å²) in [6, 6.07) is 13.2. The van der Waals surface area contributed by atoms with Crippen LogP contribution in [-0.2, 0) is 19.6 Å². The van der Waals surface area contributed by atoms with Crippen LogP contribution in [0.5, 0.6) is 0 Å². The lowest BCUT2D eigenvalue weighted by atomic mass is 9.96. The second-order valence-electron chi connectivity index (χ2n) is 5.64. The Morgan fingerprint density at radius 1 is 1.08 bits per heavy atom. The molecule has 2 aromatic rings. The highest BCUT2D eigenvalue weighted by atomic mass is 32.2. The van der Waals surface area contributed by atoms with Gasteiger partial charge in [0.25, 0.3) is 15.9 Å². The minimum Gasteiger partial charge on any atom is -0.325 e. The normalized spacial score (nSPS) is 18.8. The number of rotatable bonds is 2. The topological polar surface area (TPSA) is 83.6 Å². The van der Waals surface area contributed by atoms with Crippen molar-refractivity contribution in [2.75, 3.05) is 12.4 Å². The van der Waals surface area contributed by atoms with Gasteiger partial charge >= 0.3 is 0 Å². The van der Waals surface area contributed by atoms with E-state index in [0.29, 0.717) is 9.99 Å². The molecular formula is C17H16N2O4S. The minimum absolute atomic E-state index is 0.0174. The Kier molecular flexibility index (Phi) is 3.88. The number of carbonyl (C=O) groups is 2. The van der Waals surface area contributed by atoms with Crippen molar-refractivity contribution in [1.29, 1.82) is 0 Å². The highest BCUT2D eigenvalue weighted by Crippen LogP contribution is 2.34. The first-order valence-electron chi connectivity index (χ1n) is 7.31. The molecule has 0 bridgehead atoms. The van der Waals surface area contributed by atoms with Gasteiger partial charge in [0.1, 0.15) is 5.92 Å². The first-order chi connectivity index (χ1) is 11.3. The van der Waals surface area contributed by atoms with Crippen LogP contribution in [0.4, 0.5) is 5.69 Å². The molecule has 3 rings (SSSR count). The van der Waals surface area contributed by atoms with E-state index in [2.05, 4.69) is 5.32 Å². The number of hydrogen-bond donors (Lipinski definition) is 1. The molecule has 2 aromatic carbocycles. The monoisotopic (exact) mass is 344 g/mol. The van der Waals surface area contributed by atoms with Crippen molar-refractivity contribution >= 4 is 27.5 Å². The predicted molar refractivity (Wildman–Crippen MR) is 88.9 cm³/mol. The van der Waals surface area contributed by atoms with Crippen LogP contribution >= 0.6 is 0 Å². The lowest BCUT2D eigenvalue weighted by molar-refractivity contribution is -0.132. The molecule has 2 amide bonds. The maximum absolute atomic E-state index is 12.6. The number of carbonyl (C=O) groups excluding carboxylic acids is 2. The van der Waals surface area contributed by atoms with Crippen molar-refractivity contribution in [3.63, 3.8) is 0 Å². The maximum atomic E-state index is 12.6. The molecule has 0 aromatic heterocycles. The summed E-state index contributed by atoms with van der Waals surface area (Å²) < 4.78 is 25.3. The summed E-state index contributed by atoms with van der Waals surface area (Å²) in [5, 5.41) is 2.68. The first kappa shape index (κ1) is 16.2. The molecule has 1 aliphatic heterocycles. The Balaban J connectivity index is 2.02. The molecule has 0 saturated heterocycles. The zero-order valence-electron chi connectivity index (χ0n) is 13.2. The van der Waals surface area contributed by atoms with Crippen molar-refractivity contribution in [2.45, 2.75) is 17.7 Å². The molecule has 1 unspecified atom stereocenters. The summed E-state index contributed by atoms with van der Waals surface area (Å²) in [7, 11) is -2.74. The number of amides is 2. The van der Waals surface area contributed by atoms with Gasteiger partial charge in [0.2, 0.25) is 5.91 Å². The third kappa shape index (κ3) is 2.56. The summed E-state index contributed by atoms with van der Waals surface area (Å²) in [6.07, 6.45) is 0. The highest BCUT2D eigenvalue weighted by molar-refractivity contribution is 7.89. The standard InChI is InChI=1S/C17H16N2O4S/c1-11-7-9-12(10-8-11)18-16(20)15-13-5-3-4-6-14(13)24(22,23)19(2)17(15)21/h3-10,15H,1-2H3,(H,18,20). The largest absolute Gasteiger partial charge is 0.325 e. The van der Waals surface area contributed by atoms with Gasteiger partial charge in [-0.3, -0.25) is 9.59 Å². The van der Waals surface area contributed by atoms with Crippen molar-refractivity contribution < 1.29 is 18.0 Å². The van der Waals surface area contributed by atoms with Crippen molar-refractivity contribution in [3.05, 3.63) is 59.7 Å². The summed E-state index contributed by atoms with van der Waals surface area (Å²) in [5.74, 6) is -2.52. The summed E-state index contributed by atoms with van der Waals surface area (Å²) >= 11 is 0. The Labute approximate surface area is 140 Å². The number of sulfonamides is 1. The lowest BCUT2D eigenvalue weighted by Gasteiger charge is -2.30. The highest BCUT2D eigenvalue weighted by Gasteiger charge is 2.44. The van der Waals surface area contributed by atoms with Crippen LogP contribution in [0.2, 0.25) is 0 Å². The first-order valence-corrected chi connectivity index (χ1v) is 8.75. The molecule has 1 atom stereocenters. The fourth-order valence-electron chi connectivity index (χ4n) is 2.64. The quantitative estimate of drug-likeness (QED) is 0.843. The number of hydrogen-bond acceptors (Lipinski definition) is 4. The number of aryl methyl sites for hydroxylation is 1. The molecule has 0 radical (unpaired) electrons. The molecule has 1 aliphatic rings. The predicted octanol–water partition coefficient (Wildman–Crippen LogP) is 1.88. The molecule has 0 saturated carbocycles. The minimum atomic E-state index is -3.91. The van der Waals surface area contributed by atoms with Crippen LogP contribution in [0.1, 0.15) is 17.0 Å². The zero-order chi connectivity index (χ0) is 17.5. The van der Waals surface area contributed by atoms with E-state index in [9.17, 15) is 18.0 Å². The fraction of sp³-hybridized carbons (Fsp3) is 0.176. The Hall–Kier alpha value is -2.67. The number of benzene rings is 2. The van der Waals surface area contributed by atoms with Gasteiger partial charge in [-0.15, -0.1) is 0 Å². The molecular weight excluding hydrogens is 328 g/mol. The van der Waals surface area contributed by atoms with Crippen molar-refractivity contribution in [2.24, 2.45) is 0 Å². The Bertz CT molecular complexity index is 920. The van der Waals surface area contributed by atoms with E-state index >= 15 is 0 Å². The molecule has 124 valence electrons. The zero-order valence-corrected chi connectivity index (χ0v) is 14.0. The molecule has 7 heteroatoms. The van der Waals surface area contributed by atoms with Crippen LogP contribution in [0, 0.1) is 6.92 Å². The van der Waals surface area contributed by atoms with Crippen LogP contribution in [-0.4, -0.2) is 31.6 Å². The number of nitrogens with zero attached hydrogens (tertiary/aromatic N) is 1. The van der Waals surface area contributed by atoms with Crippen LogP contribution < -0.4 is 5.32 Å². The lowest BCUT2D eigenvalue weighted by Crippen LogP contribution is -2.45. The van der Waals surface area contributed by atoms with Gasteiger partial charge in [0.15, 0.2) is 0 Å². The van der Waals surface area contributed by atoms with Gasteiger partial charge in [-0.05, 0) is 30.7 Å². The fourth-order valence-corrected chi connectivity index (χ4v) is 4.01. The Morgan fingerprint density at radius 2 is 1.71 bits per heavy atom. The van der Waals surface area contributed by atoms with Crippen LogP contribution in [0.3, 0.4) is 0 Å². The van der Waals surface area contributed by atoms with E-state index in [4.69, 9.17) is 0 Å². The molecule has 0 fully saturated rings. The van der Waals surface area contributed by atoms with E-state index in [0.717, 1.165) is 5.56 Å². The van der Waals surface area contributed by atoms with Crippen molar-refractivity contribution in [1.82, 2.24) is 4.31 Å². The van der Waals surface area contributed by atoms with Gasteiger partial charge in [0, 0.05) is 12.7 Å². The molecule has 1 N–H and O–H groups in total. The van der Waals surface area contributed by atoms with E-state index < -0.39 is 27.8 Å². The van der Waals surface area contributed by atoms with Gasteiger partial charge < -0.3 is 5.32 Å². The SMILES string of the molecule is Cc1ccc(NC(=O)C2C(=O)N(C)S(=O)(=O)c3ccccc32)cc1. The van der Waals surface area contributed by atoms with Gasteiger partial charge in [-0.1, -0.05) is 35.9 Å². The average Bonchev–Trinajstić information content (AvgIpc) is 2.55. The van der Waals surface area contributed by atoms with E-state index in [-0.39, 0.29) is 10.5 Å². The van der Waals surface area contributed by atoms with E-state index in [1.54, 1.807) is 24.3 Å². The summed E-state index contributed by atoms with van der Waals surface area (Å²) in [4.78, 5) is 25.1. The van der Waals surface area contributed by atoms with Gasteiger partial charge in [-0.25, -0.2) is 12.7 Å². The van der Waals surface area contributed by atoms with Gasteiger partial charge in [-0.2, -0.15) is 0 Å². The number of likely N-dealkylation sites (N-methyl/N-ethyl adjacent to an activating group) is 1. The summed E-state index contributed by atoms with van der Waals surface area (Å²) in [6.45, 7) is 1.92. The smallest absolute Gasteiger partial charge is 0.266 e. The second kappa shape index (κ2) is 5.76.